The molecule has 1 aliphatic heterocycles. The highest BCUT2D eigenvalue weighted by Crippen LogP contribution is 2.31. The van der Waals surface area contributed by atoms with Gasteiger partial charge in [0.1, 0.15) is 11.6 Å². The Balaban J connectivity index is 1.52. The van der Waals surface area contributed by atoms with E-state index in [1.807, 2.05) is 4.90 Å². The van der Waals surface area contributed by atoms with Gasteiger partial charge in [0, 0.05) is 25.1 Å². The first kappa shape index (κ1) is 15.4. The van der Waals surface area contributed by atoms with Gasteiger partial charge in [0.25, 0.3) is 0 Å². The van der Waals surface area contributed by atoms with E-state index in [2.05, 4.69) is 0 Å². The lowest BCUT2D eigenvalue weighted by molar-refractivity contribution is -0.140. The Morgan fingerprint density at radius 3 is 2.68 bits per heavy atom. The van der Waals surface area contributed by atoms with Gasteiger partial charge in [0.15, 0.2) is 0 Å². The molecule has 1 amide bonds. The van der Waals surface area contributed by atoms with Crippen molar-refractivity contribution in [2.75, 3.05) is 13.1 Å². The van der Waals surface area contributed by atoms with Gasteiger partial charge in [-0.25, -0.2) is 8.78 Å². The number of hydrogen-bond donors (Lipinski definition) is 0. The van der Waals surface area contributed by atoms with E-state index in [0.29, 0.717) is 23.8 Å². The summed E-state index contributed by atoms with van der Waals surface area (Å²) in [7, 11) is 0. The molecule has 2 fully saturated rings. The van der Waals surface area contributed by atoms with E-state index in [-0.39, 0.29) is 5.92 Å². The van der Waals surface area contributed by atoms with E-state index < -0.39 is 11.6 Å². The Kier molecular flexibility index (Phi) is 4.74. The van der Waals surface area contributed by atoms with E-state index in [4.69, 9.17) is 0 Å². The predicted octanol–water partition coefficient (Wildman–Crippen LogP) is 3.94. The van der Waals surface area contributed by atoms with Gasteiger partial charge in [-0.15, -0.1) is 0 Å². The summed E-state index contributed by atoms with van der Waals surface area (Å²) in [5.74, 6) is 0.0221. The molecule has 120 valence electrons. The fourth-order valence-corrected chi connectivity index (χ4v) is 3.50. The lowest BCUT2D eigenvalue weighted by Gasteiger charge is -2.37. The van der Waals surface area contributed by atoms with Crippen LogP contribution < -0.4 is 0 Å². The quantitative estimate of drug-likeness (QED) is 0.825. The van der Waals surface area contributed by atoms with Crippen LogP contribution in [0.2, 0.25) is 0 Å². The first-order valence-electron chi connectivity index (χ1n) is 8.36. The number of carbonyl (C=O) groups excluding carboxylic acids is 1. The van der Waals surface area contributed by atoms with Crippen molar-refractivity contribution < 1.29 is 13.6 Å². The zero-order valence-corrected chi connectivity index (χ0v) is 12.9. The molecule has 1 aromatic carbocycles. The molecule has 0 radical (unpaired) electrons. The summed E-state index contributed by atoms with van der Waals surface area (Å²) in [6.45, 7) is 1.68. The highest BCUT2D eigenvalue weighted by molar-refractivity contribution is 5.79. The van der Waals surface area contributed by atoms with Gasteiger partial charge in [-0.1, -0.05) is 12.5 Å². The SMILES string of the molecule is O=C(C1CCC1)N1CCC[C@H](CCc2ccc(F)cc2F)C1. The molecule has 4 heteroatoms. The summed E-state index contributed by atoms with van der Waals surface area (Å²) < 4.78 is 26.6. The van der Waals surface area contributed by atoms with Gasteiger partial charge in [-0.05, 0) is 56.1 Å². The Morgan fingerprint density at radius 1 is 1.18 bits per heavy atom. The first-order valence-corrected chi connectivity index (χ1v) is 8.36. The number of likely N-dealkylation sites (tertiary alicyclic amines) is 1. The summed E-state index contributed by atoms with van der Waals surface area (Å²) in [5.41, 5.74) is 0.573. The van der Waals surface area contributed by atoms with Crippen LogP contribution in [0.15, 0.2) is 18.2 Å². The molecule has 2 nitrogen and oxygen atoms in total. The monoisotopic (exact) mass is 307 g/mol. The van der Waals surface area contributed by atoms with Crippen LogP contribution >= 0.6 is 0 Å². The second-order valence-electron chi connectivity index (χ2n) is 6.69. The second kappa shape index (κ2) is 6.76. The fourth-order valence-electron chi connectivity index (χ4n) is 3.50. The molecule has 1 saturated heterocycles. The Hall–Kier alpha value is -1.45. The summed E-state index contributed by atoms with van der Waals surface area (Å²) in [4.78, 5) is 14.3. The Morgan fingerprint density at radius 2 is 2.00 bits per heavy atom. The van der Waals surface area contributed by atoms with Crippen LogP contribution in [0.3, 0.4) is 0 Å². The average Bonchev–Trinajstić information content (AvgIpc) is 2.45. The molecule has 1 heterocycles. The van der Waals surface area contributed by atoms with Crippen LogP contribution in [0.4, 0.5) is 8.78 Å². The van der Waals surface area contributed by atoms with Crippen molar-refractivity contribution in [3.63, 3.8) is 0 Å². The van der Waals surface area contributed by atoms with Gasteiger partial charge in [0.2, 0.25) is 5.91 Å². The van der Waals surface area contributed by atoms with Crippen LogP contribution in [0.5, 0.6) is 0 Å². The van der Waals surface area contributed by atoms with E-state index >= 15 is 0 Å². The molecule has 0 aromatic heterocycles. The topological polar surface area (TPSA) is 20.3 Å². The highest BCUT2D eigenvalue weighted by Gasteiger charge is 2.32. The first-order chi connectivity index (χ1) is 10.6. The maximum Gasteiger partial charge on any atom is 0.225 e. The molecule has 1 saturated carbocycles. The van der Waals surface area contributed by atoms with Gasteiger partial charge < -0.3 is 4.90 Å². The summed E-state index contributed by atoms with van der Waals surface area (Å²) in [6.07, 6.45) is 6.87. The van der Waals surface area contributed by atoms with Crippen molar-refractivity contribution >= 4 is 5.91 Å². The Labute approximate surface area is 130 Å². The van der Waals surface area contributed by atoms with Crippen LogP contribution in [-0.4, -0.2) is 23.9 Å². The summed E-state index contributed by atoms with van der Waals surface area (Å²) in [6, 6.07) is 3.79. The third-order valence-corrected chi connectivity index (χ3v) is 5.12. The largest absolute Gasteiger partial charge is 0.342 e. The molecule has 0 bridgehead atoms. The van der Waals surface area contributed by atoms with Crippen molar-refractivity contribution in [2.45, 2.75) is 44.9 Å². The van der Waals surface area contributed by atoms with Crippen molar-refractivity contribution in [1.29, 1.82) is 0 Å². The van der Waals surface area contributed by atoms with Crippen LogP contribution in [0.1, 0.15) is 44.1 Å². The van der Waals surface area contributed by atoms with Crippen molar-refractivity contribution in [3.8, 4) is 0 Å². The third-order valence-electron chi connectivity index (χ3n) is 5.12. The zero-order chi connectivity index (χ0) is 15.5. The lowest BCUT2D eigenvalue weighted by Crippen LogP contribution is -2.44. The molecule has 3 rings (SSSR count). The summed E-state index contributed by atoms with van der Waals surface area (Å²) in [5, 5.41) is 0. The number of hydrogen-bond acceptors (Lipinski definition) is 1. The third kappa shape index (κ3) is 3.47. The number of aryl methyl sites for hydroxylation is 1. The van der Waals surface area contributed by atoms with Gasteiger partial charge in [-0.3, -0.25) is 4.79 Å². The second-order valence-corrected chi connectivity index (χ2v) is 6.69. The normalized spacial score (nSPS) is 22.5. The number of amides is 1. The van der Waals surface area contributed by atoms with E-state index in [0.717, 1.165) is 51.3 Å². The van der Waals surface area contributed by atoms with E-state index in [1.54, 1.807) is 0 Å². The van der Waals surface area contributed by atoms with Gasteiger partial charge in [-0.2, -0.15) is 0 Å². The number of carbonyl (C=O) groups is 1. The maximum atomic E-state index is 13.7. The predicted molar refractivity (Wildman–Crippen MR) is 81.3 cm³/mol. The molecule has 1 atom stereocenters. The van der Waals surface area contributed by atoms with Crippen molar-refractivity contribution in [1.82, 2.24) is 4.90 Å². The molecule has 22 heavy (non-hydrogen) atoms. The standard InChI is InChI=1S/C18H23F2NO/c19-16-9-8-14(17(20)11-16)7-6-13-3-2-10-21(12-13)18(22)15-4-1-5-15/h8-9,11,13,15H,1-7,10,12H2/t13-/m1/s1. The van der Waals surface area contributed by atoms with E-state index in [1.165, 1.54) is 18.6 Å². The fraction of sp³-hybridized carbons (Fsp3) is 0.611. The molecular weight excluding hydrogens is 284 g/mol. The lowest BCUT2D eigenvalue weighted by atomic mass is 9.83. The van der Waals surface area contributed by atoms with E-state index in [9.17, 15) is 13.6 Å². The number of benzene rings is 1. The molecular formula is C18H23F2NO. The van der Waals surface area contributed by atoms with Gasteiger partial charge >= 0.3 is 0 Å². The highest BCUT2D eigenvalue weighted by atomic mass is 19.1. The minimum absolute atomic E-state index is 0.258. The molecule has 1 aliphatic carbocycles. The minimum atomic E-state index is -0.531. The Bertz CT molecular complexity index is 542. The number of halogens is 2. The zero-order valence-electron chi connectivity index (χ0n) is 12.9. The minimum Gasteiger partial charge on any atom is -0.342 e. The van der Waals surface area contributed by atoms with Crippen molar-refractivity contribution in [3.05, 3.63) is 35.4 Å². The van der Waals surface area contributed by atoms with Crippen LogP contribution in [0.25, 0.3) is 0 Å². The average molecular weight is 307 g/mol. The maximum absolute atomic E-state index is 13.7. The molecule has 1 aromatic rings. The van der Waals surface area contributed by atoms with Crippen LogP contribution in [0, 0.1) is 23.5 Å². The smallest absolute Gasteiger partial charge is 0.225 e. The summed E-state index contributed by atoms with van der Waals surface area (Å²) >= 11 is 0. The molecule has 0 spiro atoms. The van der Waals surface area contributed by atoms with Gasteiger partial charge in [0.05, 0.1) is 0 Å². The van der Waals surface area contributed by atoms with Crippen LogP contribution in [-0.2, 0) is 11.2 Å². The number of rotatable bonds is 4. The van der Waals surface area contributed by atoms with Crippen molar-refractivity contribution in [2.24, 2.45) is 11.8 Å². The number of nitrogens with zero attached hydrogens (tertiary/aromatic N) is 1. The molecule has 0 N–H and O–H groups in total. The molecule has 0 unspecified atom stereocenters. The molecule has 2 aliphatic rings. The number of piperidine rings is 1.